The van der Waals surface area contributed by atoms with Gasteiger partial charge in [-0.05, 0) is 18.0 Å². The fourth-order valence-corrected chi connectivity index (χ4v) is 3.29. The Labute approximate surface area is 115 Å². The maximum Gasteiger partial charge on any atom is 0.225 e. The van der Waals surface area contributed by atoms with Crippen LogP contribution in [0.15, 0.2) is 6.07 Å². The average molecular weight is 290 g/mol. The molecule has 1 N–H and O–H groups in total. The smallest absolute Gasteiger partial charge is 0.225 e. The van der Waals surface area contributed by atoms with Gasteiger partial charge in [0.2, 0.25) is 5.28 Å². The van der Waals surface area contributed by atoms with E-state index >= 15 is 0 Å². The third kappa shape index (κ3) is 1.95. The van der Waals surface area contributed by atoms with Crippen LogP contribution in [0.3, 0.4) is 0 Å². The molecule has 98 valence electrons. The van der Waals surface area contributed by atoms with Gasteiger partial charge in [-0.25, -0.2) is 9.97 Å². The molecule has 3 rings (SSSR count). The molecule has 0 saturated carbocycles. The summed E-state index contributed by atoms with van der Waals surface area (Å²) in [6.45, 7) is 1.49. The van der Waals surface area contributed by atoms with E-state index in [-0.39, 0.29) is 23.5 Å². The van der Waals surface area contributed by atoms with Crippen molar-refractivity contribution >= 4 is 29.0 Å². The highest BCUT2D eigenvalue weighted by molar-refractivity contribution is 6.32. The Hall–Kier alpha value is -0.620. The highest BCUT2D eigenvalue weighted by Crippen LogP contribution is 2.43. The van der Waals surface area contributed by atoms with Gasteiger partial charge in [-0.1, -0.05) is 11.6 Å². The Morgan fingerprint density at radius 2 is 2.33 bits per heavy atom. The number of halogens is 2. The van der Waals surface area contributed by atoms with Gasteiger partial charge in [-0.3, -0.25) is 0 Å². The second-order valence-corrected chi connectivity index (χ2v) is 5.49. The summed E-state index contributed by atoms with van der Waals surface area (Å²) in [6, 6.07) is 1.70. The number of hydrogen-bond acceptors (Lipinski definition) is 5. The first-order valence-corrected chi connectivity index (χ1v) is 6.59. The van der Waals surface area contributed by atoms with E-state index in [9.17, 15) is 5.11 Å². The summed E-state index contributed by atoms with van der Waals surface area (Å²) >= 11 is 11.7. The Kier molecular flexibility index (Phi) is 3.10. The highest BCUT2D eigenvalue weighted by Gasteiger charge is 2.52. The number of aromatic nitrogens is 2. The van der Waals surface area contributed by atoms with Gasteiger partial charge in [0.25, 0.3) is 0 Å². The fourth-order valence-electron chi connectivity index (χ4n) is 2.89. The van der Waals surface area contributed by atoms with Gasteiger partial charge >= 0.3 is 0 Å². The van der Waals surface area contributed by atoms with E-state index < -0.39 is 0 Å². The van der Waals surface area contributed by atoms with Crippen molar-refractivity contribution in [1.29, 1.82) is 0 Å². The Balaban J connectivity index is 1.96. The zero-order valence-corrected chi connectivity index (χ0v) is 11.2. The molecule has 0 aliphatic carbocycles. The highest BCUT2D eigenvalue weighted by atomic mass is 35.5. The predicted molar refractivity (Wildman–Crippen MR) is 68.2 cm³/mol. The summed E-state index contributed by atoms with van der Waals surface area (Å²) in [7, 11) is 0. The quantitative estimate of drug-likeness (QED) is 0.675. The van der Waals surface area contributed by atoms with Gasteiger partial charge in [0.1, 0.15) is 11.0 Å². The van der Waals surface area contributed by atoms with Gasteiger partial charge in [-0.2, -0.15) is 0 Å². The molecular weight excluding hydrogens is 277 g/mol. The molecule has 2 fully saturated rings. The van der Waals surface area contributed by atoms with Crippen LogP contribution in [-0.4, -0.2) is 46.5 Å². The molecule has 2 aliphatic heterocycles. The lowest BCUT2D eigenvalue weighted by molar-refractivity contribution is 0.0779. The number of rotatable bonds is 3. The van der Waals surface area contributed by atoms with Crippen LogP contribution in [0.2, 0.25) is 10.4 Å². The summed E-state index contributed by atoms with van der Waals surface area (Å²) in [5.74, 6) is 0.708. The first kappa shape index (κ1) is 12.4. The van der Waals surface area contributed by atoms with Crippen LogP contribution in [0.1, 0.15) is 12.8 Å². The van der Waals surface area contributed by atoms with E-state index in [4.69, 9.17) is 27.9 Å². The van der Waals surface area contributed by atoms with Gasteiger partial charge < -0.3 is 14.7 Å². The van der Waals surface area contributed by atoms with Crippen LogP contribution in [0.4, 0.5) is 5.82 Å². The summed E-state index contributed by atoms with van der Waals surface area (Å²) in [4.78, 5) is 10.2. The maximum atomic E-state index is 9.25. The zero-order chi connectivity index (χ0) is 12.8. The van der Waals surface area contributed by atoms with Crippen molar-refractivity contribution in [3.05, 3.63) is 16.5 Å². The Morgan fingerprint density at radius 1 is 1.50 bits per heavy atom. The molecule has 1 aromatic rings. The minimum Gasteiger partial charge on any atom is -0.396 e. The van der Waals surface area contributed by atoms with Crippen LogP contribution in [0, 0.1) is 0 Å². The normalized spacial score (nSPS) is 30.2. The van der Waals surface area contributed by atoms with Crippen molar-refractivity contribution in [2.45, 2.75) is 24.5 Å². The lowest BCUT2D eigenvalue weighted by Gasteiger charge is -2.38. The van der Waals surface area contributed by atoms with Gasteiger partial charge in [-0.15, -0.1) is 0 Å². The van der Waals surface area contributed by atoms with Crippen molar-refractivity contribution in [1.82, 2.24) is 9.97 Å². The average Bonchev–Trinajstić information content (AvgIpc) is 2.85. The van der Waals surface area contributed by atoms with Crippen LogP contribution in [0.25, 0.3) is 0 Å². The number of aliphatic hydroxyl groups excluding tert-OH is 1. The maximum absolute atomic E-state index is 9.25. The summed E-state index contributed by atoms with van der Waals surface area (Å²) in [5, 5.41) is 9.71. The molecule has 2 saturated heterocycles. The van der Waals surface area contributed by atoms with E-state index in [1.54, 1.807) is 6.07 Å². The second-order valence-electron chi connectivity index (χ2n) is 4.76. The van der Waals surface area contributed by atoms with E-state index in [2.05, 4.69) is 14.9 Å². The Morgan fingerprint density at radius 3 is 3.00 bits per heavy atom. The molecule has 0 unspecified atom stereocenters. The standard InChI is InChI=1S/C11H13Cl2N3O2/c12-8-3-9(15-10(13)14-8)16-5-7-4-11(16,1-2-17)6-18-7/h3,7,17H,1-2,4-6H2/t7-,11-/m0/s1. The molecule has 0 spiro atoms. The second kappa shape index (κ2) is 4.49. The van der Waals surface area contributed by atoms with Crippen molar-refractivity contribution in [2.24, 2.45) is 0 Å². The summed E-state index contributed by atoms with van der Waals surface area (Å²) in [6.07, 6.45) is 1.76. The lowest BCUT2D eigenvalue weighted by Crippen LogP contribution is -2.49. The number of ether oxygens (including phenoxy) is 1. The molecule has 0 radical (unpaired) electrons. The third-order valence-electron chi connectivity index (χ3n) is 3.66. The molecule has 2 atom stereocenters. The molecular formula is C11H13Cl2N3O2. The monoisotopic (exact) mass is 289 g/mol. The van der Waals surface area contributed by atoms with E-state index in [1.807, 2.05) is 0 Å². The van der Waals surface area contributed by atoms with E-state index in [0.29, 0.717) is 24.0 Å². The number of hydrogen-bond donors (Lipinski definition) is 1. The number of anilines is 1. The molecule has 0 amide bonds. The van der Waals surface area contributed by atoms with Gasteiger partial charge in [0.15, 0.2) is 0 Å². The Bertz CT molecular complexity index is 453. The van der Waals surface area contributed by atoms with Gasteiger partial charge in [0, 0.05) is 25.6 Å². The number of nitrogens with zero attached hydrogens (tertiary/aromatic N) is 3. The van der Waals surface area contributed by atoms with Crippen molar-refractivity contribution < 1.29 is 9.84 Å². The van der Waals surface area contributed by atoms with E-state index in [0.717, 1.165) is 13.0 Å². The molecule has 2 aliphatic rings. The van der Waals surface area contributed by atoms with Crippen LogP contribution >= 0.6 is 23.2 Å². The summed E-state index contributed by atoms with van der Waals surface area (Å²) in [5.41, 5.74) is -0.180. The van der Waals surface area contributed by atoms with Crippen LogP contribution in [0.5, 0.6) is 0 Å². The topological polar surface area (TPSA) is 58.5 Å². The molecule has 18 heavy (non-hydrogen) atoms. The first-order valence-electron chi connectivity index (χ1n) is 5.83. The van der Waals surface area contributed by atoms with Crippen LogP contribution < -0.4 is 4.90 Å². The lowest BCUT2D eigenvalue weighted by atomic mass is 9.95. The molecule has 2 bridgehead atoms. The molecule has 7 heteroatoms. The number of aliphatic hydroxyl groups is 1. The minimum atomic E-state index is -0.180. The zero-order valence-electron chi connectivity index (χ0n) is 9.64. The first-order chi connectivity index (χ1) is 8.63. The molecule has 1 aromatic heterocycles. The SMILES string of the molecule is OCC[C@]12CO[C@H](CN1c1cc(Cl)nc(Cl)n1)C2. The van der Waals surface area contributed by atoms with E-state index in [1.165, 1.54) is 0 Å². The summed E-state index contributed by atoms with van der Waals surface area (Å²) < 4.78 is 5.66. The number of fused-ring (bicyclic) bond motifs is 2. The third-order valence-corrected chi connectivity index (χ3v) is 4.02. The predicted octanol–water partition coefficient (Wildman–Crippen LogP) is 1.51. The molecule has 5 nitrogen and oxygen atoms in total. The van der Waals surface area contributed by atoms with Crippen molar-refractivity contribution in [3.63, 3.8) is 0 Å². The largest absolute Gasteiger partial charge is 0.396 e. The fraction of sp³-hybridized carbons (Fsp3) is 0.636. The van der Waals surface area contributed by atoms with Crippen molar-refractivity contribution in [2.75, 3.05) is 24.7 Å². The molecule has 3 heterocycles. The van der Waals surface area contributed by atoms with Crippen molar-refractivity contribution in [3.8, 4) is 0 Å². The van der Waals surface area contributed by atoms with Gasteiger partial charge in [0.05, 0.1) is 18.2 Å². The minimum absolute atomic E-state index is 0.124. The number of morpholine rings is 1. The molecule has 0 aromatic carbocycles. The van der Waals surface area contributed by atoms with Crippen LogP contribution in [-0.2, 0) is 4.74 Å².